The van der Waals surface area contributed by atoms with Gasteiger partial charge in [0.25, 0.3) is 10.0 Å². The van der Waals surface area contributed by atoms with Crippen molar-refractivity contribution in [3.8, 4) is 5.75 Å². The SMILES string of the molecule is C=Cc1c(OC)ccc2c1cc(C(=O)O)n2S(=O)(=O)c1ccccc1. The van der Waals surface area contributed by atoms with Crippen LogP contribution in [0.3, 0.4) is 0 Å². The van der Waals surface area contributed by atoms with Crippen molar-refractivity contribution >= 4 is 33.0 Å². The average Bonchev–Trinajstić information content (AvgIpc) is 3.02. The van der Waals surface area contributed by atoms with E-state index >= 15 is 0 Å². The van der Waals surface area contributed by atoms with Crippen LogP contribution in [0.4, 0.5) is 0 Å². The van der Waals surface area contributed by atoms with E-state index in [1.165, 1.54) is 37.5 Å². The Labute approximate surface area is 144 Å². The molecule has 0 atom stereocenters. The molecule has 0 spiro atoms. The summed E-state index contributed by atoms with van der Waals surface area (Å²) in [7, 11) is -2.61. The number of nitrogens with zero attached hydrogens (tertiary/aromatic N) is 1. The Morgan fingerprint density at radius 3 is 2.44 bits per heavy atom. The van der Waals surface area contributed by atoms with Crippen molar-refractivity contribution < 1.29 is 23.1 Å². The normalized spacial score (nSPS) is 11.4. The maximum atomic E-state index is 13.0. The number of aromatic nitrogens is 1. The summed E-state index contributed by atoms with van der Waals surface area (Å²) in [5.41, 5.74) is 0.427. The molecule has 0 saturated heterocycles. The highest BCUT2D eigenvalue weighted by Crippen LogP contribution is 2.33. The number of methoxy groups -OCH3 is 1. The molecular weight excluding hydrogens is 342 g/mol. The van der Waals surface area contributed by atoms with Gasteiger partial charge in [0.2, 0.25) is 0 Å². The molecule has 0 fully saturated rings. The lowest BCUT2D eigenvalue weighted by atomic mass is 10.1. The predicted molar refractivity (Wildman–Crippen MR) is 94.6 cm³/mol. The maximum Gasteiger partial charge on any atom is 0.353 e. The van der Waals surface area contributed by atoms with Crippen molar-refractivity contribution in [3.63, 3.8) is 0 Å². The molecule has 1 aromatic heterocycles. The van der Waals surface area contributed by atoms with Gasteiger partial charge in [-0.1, -0.05) is 30.9 Å². The fourth-order valence-corrected chi connectivity index (χ4v) is 4.27. The van der Waals surface area contributed by atoms with Crippen LogP contribution in [0, 0.1) is 0 Å². The van der Waals surface area contributed by atoms with Crippen LogP contribution in [0.25, 0.3) is 17.0 Å². The number of ether oxygens (including phenoxy) is 1. The minimum absolute atomic E-state index is 0.00553. The van der Waals surface area contributed by atoms with Gasteiger partial charge in [0.05, 0.1) is 17.5 Å². The van der Waals surface area contributed by atoms with Crippen LogP contribution < -0.4 is 4.74 Å². The van der Waals surface area contributed by atoms with E-state index in [4.69, 9.17) is 4.74 Å². The minimum Gasteiger partial charge on any atom is -0.496 e. The van der Waals surface area contributed by atoms with E-state index in [1.54, 1.807) is 24.3 Å². The molecule has 7 heteroatoms. The van der Waals surface area contributed by atoms with Gasteiger partial charge in [-0.2, -0.15) is 0 Å². The number of carbonyl (C=O) groups is 1. The lowest BCUT2D eigenvalue weighted by molar-refractivity contribution is 0.0689. The molecule has 3 aromatic rings. The molecule has 0 amide bonds. The summed E-state index contributed by atoms with van der Waals surface area (Å²) in [5.74, 6) is -0.863. The van der Waals surface area contributed by atoms with Crippen LogP contribution in [-0.4, -0.2) is 30.6 Å². The van der Waals surface area contributed by atoms with E-state index < -0.39 is 16.0 Å². The Hall–Kier alpha value is -3.06. The van der Waals surface area contributed by atoms with Gasteiger partial charge in [-0.3, -0.25) is 0 Å². The number of hydrogen-bond acceptors (Lipinski definition) is 4. The van der Waals surface area contributed by atoms with E-state index in [9.17, 15) is 18.3 Å². The zero-order chi connectivity index (χ0) is 18.2. The third kappa shape index (κ3) is 2.58. The lowest BCUT2D eigenvalue weighted by Crippen LogP contribution is -2.18. The van der Waals surface area contributed by atoms with Crippen LogP contribution in [0.2, 0.25) is 0 Å². The highest BCUT2D eigenvalue weighted by Gasteiger charge is 2.27. The molecule has 1 N–H and O–H groups in total. The molecule has 0 saturated carbocycles. The standard InChI is InChI=1S/C18H15NO5S/c1-3-13-14-11-16(18(20)21)19(15(14)9-10-17(13)24-2)25(22,23)12-7-5-4-6-8-12/h3-11H,1H2,2H3,(H,20,21). The van der Waals surface area contributed by atoms with Crippen LogP contribution >= 0.6 is 0 Å². The number of rotatable bonds is 5. The fraction of sp³-hybridized carbons (Fsp3) is 0.0556. The molecule has 0 aliphatic heterocycles. The van der Waals surface area contributed by atoms with Crippen molar-refractivity contribution in [1.82, 2.24) is 3.97 Å². The van der Waals surface area contributed by atoms with Crippen molar-refractivity contribution in [3.05, 3.63) is 66.4 Å². The van der Waals surface area contributed by atoms with E-state index in [2.05, 4.69) is 6.58 Å². The molecule has 0 unspecified atom stereocenters. The molecule has 3 rings (SSSR count). The van der Waals surface area contributed by atoms with Crippen LogP contribution in [0.5, 0.6) is 5.75 Å². The summed E-state index contributed by atoms with van der Waals surface area (Å²) in [6.07, 6.45) is 1.51. The smallest absolute Gasteiger partial charge is 0.353 e. The zero-order valence-electron chi connectivity index (χ0n) is 13.3. The minimum atomic E-state index is -4.08. The van der Waals surface area contributed by atoms with E-state index in [-0.39, 0.29) is 16.1 Å². The van der Waals surface area contributed by atoms with Gasteiger partial charge in [-0.15, -0.1) is 0 Å². The zero-order valence-corrected chi connectivity index (χ0v) is 14.2. The van der Waals surface area contributed by atoms with Gasteiger partial charge < -0.3 is 9.84 Å². The number of aromatic carboxylic acids is 1. The van der Waals surface area contributed by atoms with Crippen molar-refractivity contribution in [2.24, 2.45) is 0 Å². The average molecular weight is 357 g/mol. The third-order valence-electron chi connectivity index (χ3n) is 3.87. The molecular formula is C18H15NO5S. The second-order valence-corrected chi connectivity index (χ2v) is 7.02. The Morgan fingerprint density at radius 2 is 1.88 bits per heavy atom. The van der Waals surface area contributed by atoms with Gasteiger partial charge in [0.1, 0.15) is 11.4 Å². The largest absolute Gasteiger partial charge is 0.496 e. The second-order valence-electron chi connectivity index (χ2n) is 5.24. The molecule has 2 aromatic carbocycles. The third-order valence-corrected chi connectivity index (χ3v) is 5.61. The van der Waals surface area contributed by atoms with Crippen molar-refractivity contribution in [2.45, 2.75) is 4.90 Å². The molecule has 0 bridgehead atoms. The van der Waals surface area contributed by atoms with Crippen LogP contribution in [0.15, 0.2) is 60.0 Å². The molecule has 6 nitrogen and oxygen atoms in total. The van der Waals surface area contributed by atoms with E-state index in [0.29, 0.717) is 16.7 Å². The first-order valence-electron chi connectivity index (χ1n) is 7.30. The van der Waals surface area contributed by atoms with Crippen LogP contribution in [-0.2, 0) is 10.0 Å². The lowest BCUT2D eigenvalue weighted by Gasteiger charge is -2.11. The van der Waals surface area contributed by atoms with Crippen molar-refractivity contribution in [2.75, 3.05) is 7.11 Å². The summed E-state index contributed by atoms with van der Waals surface area (Å²) < 4.78 is 32.1. The number of carboxylic acid groups (broad SMARTS) is 1. The monoisotopic (exact) mass is 357 g/mol. The highest BCUT2D eigenvalue weighted by molar-refractivity contribution is 7.90. The van der Waals surface area contributed by atoms with Gasteiger partial charge in [0.15, 0.2) is 0 Å². The molecule has 0 aliphatic rings. The van der Waals surface area contributed by atoms with Gasteiger partial charge in [-0.05, 0) is 30.3 Å². The molecule has 128 valence electrons. The van der Waals surface area contributed by atoms with Crippen molar-refractivity contribution in [1.29, 1.82) is 0 Å². The van der Waals surface area contributed by atoms with Gasteiger partial charge in [0, 0.05) is 10.9 Å². The summed E-state index contributed by atoms with van der Waals surface area (Å²) in [5, 5.41) is 9.96. The van der Waals surface area contributed by atoms with Crippen LogP contribution in [0.1, 0.15) is 16.1 Å². The molecule has 1 heterocycles. The number of fused-ring (bicyclic) bond motifs is 1. The molecule has 0 radical (unpaired) electrons. The first-order valence-corrected chi connectivity index (χ1v) is 8.74. The summed E-state index contributed by atoms with van der Waals surface area (Å²) in [6.45, 7) is 3.71. The Morgan fingerprint density at radius 1 is 1.20 bits per heavy atom. The first-order chi connectivity index (χ1) is 11.9. The Bertz CT molecular complexity index is 1080. The quantitative estimate of drug-likeness (QED) is 0.758. The molecule has 0 aliphatic carbocycles. The Kier molecular flexibility index (Phi) is 4.10. The molecule has 25 heavy (non-hydrogen) atoms. The number of benzene rings is 2. The summed E-state index contributed by atoms with van der Waals surface area (Å²) >= 11 is 0. The van der Waals surface area contributed by atoms with E-state index in [1.807, 2.05) is 0 Å². The number of carboxylic acids is 1. The fourth-order valence-electron chi connectivity index (χ4n) is 2.75. The summed E-state index contributed by atoms with van der Waals surface area (Å²) in [4.78, 5) is 11.7. The number of hydrogen-bond donors (Lipinski definition) is 1. The highest BCUT2D eigenvalue weighted by atomic mass is 32.2. The maximum absolute atomic E-state index is 13.0. The summed E-state index contributed by atoms with van der Waals surface area (Å²) in [6, 6.07) is 12.1. The van der Waals surface area contributed by atoms with Gasteiger partial charge in [-0.25, -0.2) is 17.2 Å². The first kappa shape index (κ1) is 16.8. The van der Waals surface area contributed by atoms with E-state index in [0.717, 1.165) is 3.97 Å². The predicted octanol–water partition coefficient (Wildman–Crippen LogP) is 3.23. The topological polar surface area (TPSA) is 85.6 Å². The second kappa shape index (κ2) is 6.10. The Balaban J connectivity index is 2.44. The van der Waals surface area contributed by atoms with Gasteiger partial charge >= 0.3 is 5.97 Å².